The molecule has 0 radical (unpaired) electrons. The van der Waals surface area contributed by atoms with Crippen molar-refractivity contribution in [3.63, 3.8) is 0 Å². The fraction of sp³-hybridized carbons (Fsp3) is 0.700. The number of rotatable bonds is 4. The highest BCUT2D eigenvalue weighted by Crippen LogP contribution is 2.13. The van der Waals surface area contributed by atoms with E-state index < -0.39 is 11.6 Å². The SMILES string of the molecule is CC#C[C@@](O)(CC(=O)O)C[N+](C)(C)C. The van der Waals surface area contributed by atoms with Crippen molar-refractivity contribution in [3.8, 4) is 11.8 Å². The van der Waals surface area contributed by atoms with Gasteiger partial charge in [-0.15, -0.1) is 5.92 Å². The van der Waals surface area contributed by atoms with E-state index in [9.17, 15) is 9.90 Å². The van der Waals surface area contributed by atoms with Crippen LogP contribution in [0.2, 0.25) is 0 Å². The highest BCUT2D eigenvalue weighted by atomic mass is 16.4. The van der Waals surface area contributed by atoms with Gasteiger partial charge in [-0.05, 0) is 6.92 Å². The van der Waals surface area contributed by atoms with Crippen LogP contribution in [0, 0.1) is 11.8 Å². The zero-order chi connectivity index (χ0) is 11.4. The monoisotopic (exact) mass is 200 g/mol. The molecule has 0 aliphatic heterocycles. The second-order valence-electron chi connectivity index (χ2n) is 4.43. The Bertz CT molecular complexity index is 269. The van der Waals surface area contributed by atoms with Gasteiger partial charge in [0.05, 0.1) is 27.6 Å². The van der Waals surface area contributed by atoms with Crippen LogP contribution in [-0.4, -0.2) is 54.0 Å². The lowest BCUT2D eigenvalue weighted by Crippen LogP contribution is -2.49. The number of aliphatic hydroxyl groups is 1. The third-order valence-corrected chi connectivity index (χ3v) is 1.54. The molecule has 0 aliphatic carbocycles. The van der Waals surface area contributed by atoms with E-state index in [-0.39, 0.29) is 6.42 Å². The molecule has 0 aromatic heterocycles. The van der Waals surface area contributed by atoms with Crippen LogP contribution in [0.1, 0.15) is 13.3 Å². The van der Waals surface area contributed by atoms with Gasteiger partial charge in [0.15, 0.2) is 5.60 Å². The summed E-state index contributed by atoms with van der Waals surface area (Å²) in [6, 6.07) is 0. The first-order valence-electron chi connectivity index (χ1n) is 4.37. The van der Waals surface area contributed by atoms with Gasteiger partial charge in [0.1, 0.15) is 6.54 Å². The predicted molar refractivity (Wildman–Crippen MR) is 53.6 cm³/mol. The molecule has 0 fully saturated rings. The first-order valence-corrected chi connectivity index (χ1v) is 4.37. The lowest BCUT2D eigenvalue weighted by molar-refractivity contribution is -0.875. The van der Waals surface area contributed by atoms with Gasteiger partial charge in [-0.1, -0.05) is 5.92 Å². The van der Waals surface area contributed by atoms with Crippen LogP contribution in [0.5, 0.6) is 0 Å². The summed E-state index contributed by atoms with van der Waals surface area (Å²) in [4.78, 5) is 10.5. The summed E-state index contributed by atoms with van der Waals surface area (Å²) < 4.78 is 0.471. The number of carbonyl (C=O) groups is 1. The van der Waals surface area contributed by atoms with E-state index >= 15 is 0 Å². The molecule has 4 heteroatoms. The zero-order valence-corrected chi connectivity index (χ0v) is 9.16. The van der Waals surface area contributed by atoms with Gasteiger partial charge < -0.3 is 14.7 Å². The molecule has 0 amide bonds. The van der Waals surface area contributed by atoms with Crippen LogP contribution in [0.4, 0.5) is 0 Å². The standard InChI is InChI=1S/C10H17NO3/c1-5-6-10(14,7-9(12)13)8-11(2,3)4/h14H,7-8H2,1-4H3/p+1/t10-/m1/s1. The second-order valence-corrected chi connectivity index (χ2v) is 4.43. The smallest absolute Gasteiger partial charge is 0.307 e. The summed E-state index contributed by atoms with van der Waals surface area (Å²) in [6.07, 6.45) is -0.344. The average molecular weight is 200 g/mol. The quantitative estimate of drug-likeness (QED) is 0.493. The maximum Gasteiger partial charge on any atom is 0.307 e. The van der Waals surface area contributed by atoms with Crippen molar-refractivity contribution in [2.45, 2.75) is 18.9 Å². The first kappa shape index (κ1) is 12.9. The van der Waals surface area contributed by atoms with Crippen molar-refractivity contribution in [1.29, 1.82) is 0 Å². The maximum absolute atomic E-state index is 10.5. The number of hydrogen-bond donors (Lipinski definition) is 2. The summed E-state index contributed by atoms with van der Waals surface area (Å²) in [7, 11) is 5.64. The molecule has 0 bridgehead atoms. The van der Waals surface area contributed by atoms with Crippen molar-refractivity contribution in [3.05, 3.63) is 0 Å². The molecular weight excluding hydrogens is 182 g/mol. The fourth-order valence-corrected chi connectivity index (χ4v) is 1.41. The molecule has 80 valence electrons. The van der Waals surface area contributed by atoms with Crippen LogP contribution < -0.4 is 0 Å². The third kappa shape index (κ3) is 5.57. The molecule has 0 unspecified atom stereocenters. The lowest BCUT2D eigenvalue weighted by atomic mass is 9.99. The molecule has 0 heterocycles. The predicted octanol–water partition coefficient (Wildman–Crippen LogP) is -0.0783. The lowest BCUT2D eigenvalue weighted by Gasteiger charge is -2.31. The van der Waals surface area contributed by atoms with Crippen LogP contribution in [0.15, 0.2) is 0 Å². The van der Waals surface area contributed by atoms with E-state index in [4.69, 9.17) is 5.11 Å². The van der Waals surface area contributed by atoms with Crippen LogP contribution >= 0.6 is 0 Å². The van der Waals surface area contributed by atoms with Crippen molar-refractivity contribution in [2.75, 3.05) is 27.7 Å². The zero-order valence-electron chi connectivity index (χ0n) is 9.16. The number of nitrogens with zero attached hydrogens (tertiary/aromatic N) is 1. The van der Waals surface area contributed by atoms with E-state index in [1.165, 1.54) is 0 Å². The van der Waals surface area contributed by atoms with Gasteiger partial charge >= 0.3 is 5.97 Å². The largest absolute Gasteiger partial charge is 0.481 e. The first-order chi connectivity index (χ1) is 6.18. The summed E-state index contributed by atoms with van der Waals surface area (Å²) in [5.41, 5.74) is -1.43. The van der Waals surface area contributed by atoms with Gasteiger partial charge in [0.25, 0.3) is 0 Å². The molecule has 0 spiro atoms. The number of aliphatic carboxylic acids is 1. The Labute approximate surface area is 84.7 Å². The molecule has 2 N–H and O–H groups in total. The van der Waals surface area contributed by atoms with Gasteiger partial charge in [0, 0.05) is 0 Å². The van der Waals surface area contributed by atoms with Crippen molar-refractivity contribution in [1.82, 2.24) is 0 Å². The highest BCUT2D eigenvalue weighted by molar-refractivity contribution is 5.69. The average Bonchev–Trinajstić information content (AvgIpc) is 1.78. The van der Waals surface area contributed by atoms with E-state index in [2.05, 4.69) is 11.8 Å². The summed E-state index contributed by atoms with van der Waals surface area (Å²) in [5, 5.41) is 18.6. The molecule has 0 aromatic carbocycles. The molecule has 14 heavy (non-hydrogen) atoms. The van der Waals surface area contributed by atoms with Crippen LogP contribution in [-0.2, 0) is 4.79 Å². The van der Waals surface area contributed by atoms with Gasteiger partial charge in [0.2, 0.25) is 0 Å². The number of carboxylic acid groups (broad SMARTS) is 1. The molecular formula is C10H18NO3+. The molecule has 0 saturated carbocycles. The normalized spacial score (nSPS) is 15.2. The molecule has 0 aromatic rings. The fourth-order valence-electron chi connectivity index (χ4n) is 1.41. The van der Waals surface area contributed by atoms with Gasteiger partial charge in [-0.2, -0.15) is 0 Å². The molecule has 0 aliphatic rings. The Kier molecular flexibility index (Phi) is 4.11. The Balaban J connectivity index is 4.70. The summed E-state index contributed by atoms with van der Waals surface area (Å²) in [5.74, 6) is 4.08. The Morgan fingerprint density at radius 1 is 1.43 bits per heavy atom. The summed E-state index contributed by atoms with van der Waals surface area (Å²) in [6.45, 7) is 1.88. The Morgan fingerprint density at radius 3 is 2.21 bits per heavy atom. The van der Waals surface area contributed by atoms with E-state index in [1.54, 1.807) is 6.92 Å². The molecule has 0 rings (SSSR count). The van der Waals surface area contributed by atoms with Crippen LogP contribution in [0.25, 0.3) is 0 Å². The minimum atomic E-state index is -1.43. The van der Waals surface area contributed by atoms with Crippen molar-refractivity contribution >= 4 is 5.97 Å². The molecule has 1 atom stereocenters. The maximum atomic E-state index is 10.5. The topological polar surface area (TPSA) is 57.5 Å². The minimum absolute atomic E-state index is 0.292. The van der Waals surface area contributed by atoms with E-state index in [0.717, 1.165) is 0 Å². The van der Waals surface area contributed by atoms with Crippen LogP contribution in [0.3, 0.4) is 0 Å². The number of carboxylic acids is 1. The van der Waals surface area contributed by atoms with Crippen molar-refractivity contribution in [2.24, 2.45) is 0 Å². The molecule has 0 saturated heterocycles. The summed E-state index contributed by atoms with van der Waals surface area (Å²) >= 11 is 0. The number of quaternary nitrogens is 1. The number of hydrogen-bond acceptors (Lipinski definition) is 2. The van der Waals surface area contributed by atoms with Crippen molar-refractivity contribution < 1.29 is 19.5 Å². The second kappa shape index (κ2) is 4.45. The van der Waals surface area contributed by atoms with Gasteiger partial charge in [-0.3, -0.25) is 4.79 Å². The minimum Gasteiger partial charge on any atom is -0.481 e. The van der Waals surface area contributed by atoms with E-state index in [1.807, 2.05) is 21.1 Å². The van der Waals surface area contributed by atoms with E-state index in [0.29, 0.717) is 11.0 Å². The third-order valence-electron chi connectivity index (χ3n) is 1.54. The Hall–Kier alpha value is -1.05. The number of likely N-dealkylation sites (N-methyl/N-ethyl adjacent to an activating group) is 1. The highest BCUT2D eigenvalue weighted by Gasteiger charge is 2.34. The Morgan fingerprint density at radius 2 is 1.93 bits per heavy atom. The van der Waals surface area contributed by atoms with Gasteiger partial charge in [-0.25, -0.2) is 0 Å². The molecule has 4 nitrogen and oxygen atoms in total.